The molecule has 0 bridgehead atoms. The number of amides is 1. The minimum atomic E-state index is -0.481. The standard InChI is InChI=1S/C15H15N3O2/c19-15(17-20)13-6-8-16-14-12(13)7-9-18(14)10-11-4-2-1-3-5-11/h1-6,8,20H,7,9-10H2,(H,17,19). The third kappa shape index (κ3) is 2.23. The van der Waals surface area contributed by atoms with Gasteiger partial charge in [0.25, 0.3) is 5.91 Å². The number of anilines is 1. The van der Waals surface area contributed by atoms with Gasteiger partial charge in [-0.1, -0.05) is 30.3 Å². The molecule has 1 aromatic carbocycles. The monoisotopic (exact) mass is 269 g/mol. The topological polar surface area (TPSA) is 65.5 Å². The van der Waals surface area contributed by atoms with Gasteiger partial charge in [-0.25, -0.2) is 10.5 Å². The predicted molar refractivity (Wildman–Crippen MR) is 74.7 cm³/mol. The Kier molecular flexibility index (Phi) is 3.35. The van der Waals surface area contributed by atoms with Crippen molar-refractivity contribution in [3.8, 4) is 0 Å². The molecule has 2 aromatic rings. The third-order valence-corrected chi connectivity index (χ3v) is 3.53. The molecule has 1 aliphatic rings. The zero-order valence-corrected chi connectivity index (χ0v) is 10.9. The quantitative estimate of drug-likeness (QED) is 0.658. The van der Waals surface area contributed by atoms with Crippen molar-refractivity contribution in [2.45, 2.75) is 13.0 Å². The molecule has 1 aliphatic heterocycles. The van der Waals surface area contributed by atoms with E-state index in [1.54, 1.807) is 17.7 Å². The van der Waals surface area contributed by atoms with Crippen molar-refractivity contribution in [1.82, 2.24) is 10.5 Å². The number of hydrogen-bond acceptors (Lipinski definition) is 4. The molecule has 102 valence electrons. The van der Waals surface area contributed by atoms with Gasteiger partial charge in [0.2, 0.25) is 0 Å². The van der Waals surface area contributed by atoms with E-state index in [4.69, 9.17) is 5.21 Å². The first-order chi connectivity index (χ1) is 9.79. The van der Waals surface area contributed by atoms with Gasteiger partial charge in [-0.2, -0.15) is 0 Å². The van der Waals surface area contributed by atoms with Crippen LogP contribution in [-0.2, 0) is 13.0 Å². The van der Waals surface area contributed by atoms with Crippen LogP contribution >= 0.6 is 0 Å². The smallest absolute Gasteiger partial charge is 0.275 e. The van der Waals surface area contributed by atoms with Crippen molar-refractivity contribution in [3.05, 3.63) is 59.3 Å². The third-order valence-electron chi connectivity index (χ3n) is 3.53. The SMILES string of the molecule is O=C(NO)c1ccnc2c1CCN2Cc1ccccc1. The van der Waals surface area contributed by atoms with Crippen molar-refractivity contribution in [3.63, 3.8) is 0 Å². The Balaban J connectivity index is 1.89. The normalized spacial score (nSPS) is 13.2. The highest BCUT2D eigenvalue weighted by atomic mass is 16.5. The number of hydroxylamine groups is 1. The number of nitrogens with zero attached hydrogens (tertiary/aromatic N) is 2. The van der Waals surface area contributed by atoms with E-state index in [-0.39, 0.29) is 0 Å². The first kappa shape index (κ1) is 12.6. The molecular weight excluding hydrogens is 254 g/mol. The Hall–Kier alpha value is -2.40. The van der Waals surface area contributed by atoms with Crippen LogP contribution in [0.1, 0.15) is 21.5 Å². The molecule has 5 heteroatoms. The van der Waals surface area contributed by atoms with Crippen LogP contribution < -0.4 is 10.4 Å². The highest BCUT2D eigenvalue weighted by Gasteiger charge is 2.25. The highest BCUT2D eigenvalue weighted by molar-refractivity contribution is 5.96. The van der Waals surface area contributed by atoms with Gasteiger partial charge < -0.3 is 4.90 Å². The maximum absolute atomic E-state index is 11.6. The van der Waals surface area contributed by atoms with Crippen molar-refractivity contribution in [2.75, 3.05) is 11.4 Å². The van der Waals surface area contributed by atoms with E-state index < -0.39 is 5.91 Å². The average Bonchev–Trinajstić information content (AvgIpc) is 2.91. The van der Waals surface area contributed by atoms with E-state index in [0.29, 0.717) is 5.56 Å². The maximum atomic E-state index is 11.6. The zero-order chi connectivity index (χ0) is 13.9. The summed E-state index contributed by atoms with van der Waals surface area (Å²) in [5.74, 6) is 0.347. The van der Waals surface area contributed by atoms with Crippen LogP contribution in [-0.4, -0.2) is 22.6 Å². The van der Waals surface area contributed by atoms with Gasteiger partial charge in [-0.15, -0.1) is 0 Å². The molecule has 0 atom stereocenters. The lowest BCUT2D eigenvalue weighted by molar-refractivity contribution is 0.0705. The molecule has 5 nitrogen and oxygen atoms in total. The molecule has 1 aromatic heterocycles. The fourth-order valence-corrected chi connectivity index (χ4v) is 2.58. The Labute approximate surface area is 116 Å². The molecule has 3 rings (SSSR count). The van der Waals surface area contributed by atoms with Gasteiger partial charge in [-0.05, 0) is 18.1 Å². The van der Waals surface area contributed by atoms with Crippen molar-refractivity contribution < 1.29 is 10.0 Å². The molecule has 2 heterocycles. The lowest BCUT2D eigenvalue weighted by Gasteiger charge is -2.18. The van der Waals surface area contributed by atoms with Gasteiger partial charge in [0, 0.05) is 30.4 Å². The fourth-order valence-electron chi connectivity index (χ4n) is 2.58. The zero-order valence-electron chi connectivity index (χ0n) is 10.9. The summed E-state index contributed by atoms with van der Waals surface area (Å²) in [6.45, 7) is 1.60. The summed E-state index contributed by atoms with van der Waals surface area (Å²) in [4.78, 5) is 18.2. The summed E-state index contributed by atoms with van der Waals surface area (Å²) < 4.78 is 0. The molecule has 20 heavy (non-hydrogen) atoms. The second kappa shape index (κ2) is 5.30. The van der Waals surface area contributed by atoms with Gasteiger partial charge in [0.1, 0.15) is 5.82 Å². The summed E-state index contributed by atoms with van der Waals surface area (Å²) in [6.07, 6.45) is 2.37. The molecule has 0 spiro atoms. The number of rotatable bonds is 3. The minimum absolute atomic E-state index is 0.481. The summed E-state index contributed by atoms with van der Waals surface area (Å²) in [5, 5.41) is 8.79. The summed E-state index contributed by atoms with van der Waals surface area (Å²) in [5.41, 5.74) is 4.29. The summed E-state index contributed by atoms with van der Waals surface area (Å²) in [7, 11) is 0. The summed E-state index contributed by atoms with van der Waals surface area (Å²) in [6, 6.07) is 11.8. The maximum Gasteiger partial charge on any atom is 0.275 e. The number of nitrogens with one attached hydrogen (secondary N) is 1. The molecule has 2 N–H and O–H groups in total. The van der Waals surface area contributed by atoms with Crippen LogP contribution in [0.25, 0.3) is 0 Å². The van der Waals surface area contributed by atoms with Gasteiger partial charge in [0.05, 0.1) is 0 Å². The Morgan fingerprint density at radius 3 is 2.85 bits per heavy atom. The van der Waals surface area contributed by atoms with Crippen molar-refractivity contribution >= 4 is 11.7 Å². The molecule has 0 saturated carbocycles. The molecule has 0 radical (unpaired) electrons. The molecular formula is C15H15N3O2. The summed E-state index contributed by atoms with van der Waals surface area (Å²) >= 11 is 0. The molecule has 0 aliphatic carbocycles. The molecule has 0 unspecified atom stereocenters. The lowest BCUT2D eigenvalue weighted by Crippen LogP contribution is -2.21. The Morgan fingerprint density at radius 2 is 2.10 bits per heavy atom. The molecule has 0 saturated heterocycles. The second-order valence-electron chi connectivity index (χ2n) is 4.76. The van der Waals surface area contributed by atoms with Crippen molar-refractivity contribution in [1.29, 1.82) is 0 Å². The highest BCUT2D eigenvalue weighted by Crippen LogP contribution is 2.29. The number of pyridine rings is 1. The lowest BCUT2D eigenvalue weighted by atomic mass is 10.1. The van der Waals surface area contributed by atoms with Gasteiger partial charge in [-0.3, -0.25) is 10.0 Å². The van der Waals surface area contributed by atoms with Crippen LogP contribution in [0.3, 0.4) is 0 Å². The average molecular weight is 269 g/mol. The number of carbonyl (C=O) groups is 1. The van der Waals surface area contributed by atoms with Gasteiger partial charge >= 0.3 is 0 Å². The fraction of sp³-hybridized carbons (Fsp3) is 0.200. The van der Waals surface area contributed by atoms with Gasteiger partial charge in [0.15, 0.2) is 0 Å². The number of fused-ring (bicyclic) bond motifs is 1. The number of benzene rings is 1. The largest absolute Gasteiger partial charge is 0.352 e. The predicted octanol–water partition coefficient (Wildman–Crippen LogP) is 1.76. The van der Waals surface area contributed by atoms with E-state index in [0.717, 1.165) is 30.9 Å². The Morgan fingerprint density at radius 1 is 1.30 bits per heavy atom. The number of hydrogen-bond donors (Lipinski definition) is 2. The van der Waals surface area contributed by atoms with E-state index in [1.165, 1.54) is 5.56 Å². The van der Waals surface area contributed by atoms with E-state index in [1.807, 2.05) is 18.2 Å². The minimum Gasteiger partial charge on any atom is -0.352 e. The van der Waals surface area contributed by atoms with Crippen LogP contribution in [0.2, 0.25) is 0 Å². The Bertz CT molecular complexity index is 628. The van der Waals surface area contributed by atoms with E-state index in [2.05, 4.69) is 22.0 Å². The van der Waals surface area contributed by atoms with Crippen LogP contribution in [0, 0.1) is 0 Å². The first-order valence-corrected chi connectivity index (χ1v) is 6.51. The molecule has 1 amide bonds. The first-order valence-electron chi connectivity index (χ1n) is 6.51. The number of aromatic nitrogens is 1. The number of carbonyl (C=O) groups excluding carboxylic acids is 1. The second-order valence-corrected chi connectivity index (χ2v) is 4.76. The van der Waals surface area contributed by atoms with Crippen LogP contribution in [0.4, 0.5) is 5.82 Å². The van der Waals surface area contributed by atoms with E-state index in [9.17, 15) is 4.79 Å². The van der Waals surface area contributed by atoms with Crippen LogP contribution in [0.5, 0.6) is 0 Å². The van der Waals surface area contributed by atoms with Crippen molar-refractivity contribution in [2.24, 2.45) is 0 Å². The van der Waals surface area contributed by atoms with Crippen LogP contribution in [0.15, 0.2) is 42.6 Å². The molecule has 0 fully saturated rings. The van der Waals surface area contributed by atoms with E-state index >= 15 is 0 Å².